The second kappa shape index (κ2) is 3.17. The molecule has 0 saturated heterocycles. The zero-order chi connectivity index (χ0) is 10.1. The fourth-order valence-corrected chi connectivity index (χ4v) is 1.13. The minimum atomic E-state index is -1.46. The van der Waals surface area contributed by atoms with Gasteiger partial charge in [0.15, 0.2) is 17.5 Å². The Balaban J connectivity index is 2.57. The van der Waals surface area contributed by atoms with Gasteiger partial charge in [-0.3, -0.25) is 5.10 Å². The second-order valence-electron chi connectivity index (χ2n) is 2.74. The van der Waals surface area contributed by atoms with Crippen molar-refractivity contribution in [2.75, 3.05) is 0 Å². The molecule has 2 aromatic rings. The van der Waals surface area contributed by atoms with Crippen LogP contribution in [-0.2, 0) is 0 Å². The number of hydrogen-bond acceptors (Lipinski definition) is 1. The number of nitrogens with zero attached hydrogens (tertiary/aromatic N) is 1. The normalized spacial score (nSPS) is 10.5. The summed E-state index contributed by atoms with van der Waals surface area (Å²) in [6.45, 7) is 0. The number of H-pyrrole nitrogens is 1. The summed E-state index contributed by atoms with van der Waals surface area (Å²) in [5.41, 5.74) is 0.748. The second-order valence-corrected chi connectivity index (χ2v) is 2.74. The van der Waals surface area contributed by atoms with Crippen molar-refractivity contribution in [2.24, 2.45) is 0 Å². The van der Waals surface area contributed by atoms with Gasteiger partial charge in [-0.2, -0.15) is 5.10 Å². The van der Waals surface area contributed by atoms with Crippen LogP contribution in [0.3, 0.4) is 0 Å². The minimum absolute atomic E-state index is 0.246. The van der Waals surface area contributed by atoms with Crippen LogP contribution in [0.15, 0.2) is 24.5 Å². The predicted octanol–water partition coefficient (Wildman–Crippen LogP) is 2.49. The van der Waals surface area contributed by atoms with Gasteiger partial charge in [0.1, 0.15) is 0 Å². The highest BCUT2D eigenvalue weighted by Gasteiger charge is 2.11. The minimum Gasteiger partial charge on any atom is -0.285 e. The molecule has 0 saturated carbocycles. The molecule has 1 aromatic heterocycles. The molecular weight excluding hydrogens is 193 g/mol. The number of aromatic amines is 1. The van der Waals surface area contributed by atoms with Crippen molar-refractivity contribution in [3.8, 4) is 11.1 Å². The number of halogens is 3. The van der Waals surface area contributed by atoms with Crippen molar-refractivity contribution in [3.63, 3.8) is 0 Å². The van der Waals surface area contributed by atoms with Crippen molar-refractivity contribution in [2.45, 2.75) is 0 Å². The summed E-state index contributed by atoms with van der Waals surface area (Å²) in [6, 6.07) is 1.84. The van der Waals surface area contributed by atoms with Gasteiger partial charge in [0.25, 0.3) is 0 Å². The third-order valence-electron chi connectivity index (χ3n) is 1.82. The lowest BCUT2D eigenvalue weighted by molar-refractivity contribution is 0.448. The Bertz CT molecular complexity index is 428. The molecule has 0 bridgehead atoms. The van der Waals surface area contributed by atoms with Crippen LogP contribution in [0.4, 0.5) is 13.2 Å². The molecule has 1 heterocycles. The Labute approximate surface area is 77.4 Å². The first-order chi connectivity index (χ1) is 6.68. The van der Waals surface area contributed by atoms with Crippen molar-refractivity contribution in [3.05, 3.63) is 42.0 Å². The topological polar surface area (TPSA) is 28.7 Å². The Morgan fingerprint density at radius 1 is 1.00 bits per heavy atom. The molecule has 2 nitrogen and oxygen atoms in total. The van der Waals surface area contributed by atoms with Gasteiger partial charge in [0.05, 0.1) is 6.20 Å². The van der Waals surface area contributed by atoms with Crippen LogP contribution >= 0.6 is 0 Å². The van der Waals surface area contributed by atoms with Crippen molar-refractivity contribution in [1.29, 1.82) is 0 Å². The molecule has 0 unspecified atom stereocenters. The van der Waals surface area contributed by atoms with Gasteiger partial charge in [-0.05, 0) is 17.7 Å². The van der Waals surface area contributed by atoms with Gasteiger partial charge in [-0.15, -0.1) is 0 Å². The van der Waals surface area contributed by atoms with Crippen LogP contribution in [0, 0.1) is 17.5 Å². The Hall–Kier alpha value is -1.78. The zero-order valence-corrected chi connectivity index (χ0v) is 6.89. The molecular formula is C9H5F3N2. The molecule has 5 heteroatoms. The molecule has 0 aliphatic carbocycles. The fourth-order valence-electron chi connectivity index (χ4n) is 1.13. The smallest absolute Gasteiger partial charge is 0.194 e. The first kappa shape index (κ1) is 8.80. The van der Waals surface area contributed by atoms with E-state index in [2.05, 4.69) is 10.2 Å². The summed E-state index contributed by atoms with van der Waals surface area (Å²) >= 11 is 0. The maximum Gasteiger partial charge on any atom is 0.194 e. The molecule has 0 radical (unpaired) electrons. The van der Waals surface area contributed by atoms with Crippen molar-refractivity contribution in [1.82, 2.24) is 10.2 Å². The van der Waals surface area contributed by atoms with E-state index in [1.54, 1.807) is 0 Å². The van der Waals surface area contributed by atoms with Gasteiger partial charge in [0, 0.05) is 11.8 Å². The first-order valence-corrected chi connectivity index (χ1v) is 3.82. The number of aromatic nitrogens is 2. The molecule has 1 N–H and O–H groups in total. The molecule has 0 aliphatic rings. The van der Waals surface area contributed by atoms with Gasteiger partial charge >= 0.3 is 0 Å². The van der Waals surface area contributed by atoms with Crippen LogP contribution < -0.4 is 0 Å². The highest BCUT2D eigenvalue weighted by atomic mass is 19.2. The number of nitrogens with one attached hydrogen (secondary N) is 1. The summed E-state index contributed by atoms with van der Waals surface area (Å²) in [4.78, 5) is 0. The fraction of sp³-hybridized carbons (Fsp3) is 0. The molecule has 72 valence electrons. The zero-order valence-electron chi connectivity index (χ0n) is 6.89. The summed E-state index contributed by atoms with van der Waals surface area (Å²) in [5, 5.41) is 6.11. The van der Waals surface area contributed by atoms with Gasteiger partial charge in [0.2, 0.25) is 0 Å². The number of benzene rings is 1. The summed E-state index contributed by atoms with van der Waals surface area (Å²) in [7, 11) is 0. The van der Waals surface area contributed by atoms with Crippen LogP contribution in [-0.4, -0.2) is 10.2 Å². The van der Waals surface area contributed by atoms with E-state index >= 15 is 0 Å². The lowest BCUT2D eigenvalue weighted by Crippen LogP contribution is -1.90. The van der Waals surface area contributed by atoms with Gasteiger partial charge in [-0.1, -0.05) is 0 Å². The van der Waals surface area contributed by atoms with Crippen LogP contribution in [0.2, 0.25) is 0 Å². The van der Waals surface area contributed by atoms with Crippen molar-refractivity contribution >= 4 is 0 Å². The Morgan fingerprint density at radius 3 is 2.14 bits per heavy atom. The van der Waals surface area contributed by atoms with E-state index < -0.39 is 17.5 Å². The third-order valence-corrected chi connectivity index (χ3v) is 1.82. The van der Waals surface area contributed by atoms with E-state index in [0.717, 1.165) is 12.1 Å². The summed E-state index contributed by atoms with van der Waals surface area (Å²) in [5.74, 6) is -3.88. The molecule has 0 atom stereocenters. The number of rotatable bonds is 1. The average Bonchev–Trinajstić information content (AvgIpc) is 2.66. The largest absolute Gasteiger partial charge is 0.285 e. The van der Waals surface area contributed by atoms with E-state index in [1.807, 2.05) is 0 Å². The summed E-state index contributed by atoms with van der Waals surface area (Å²) < 4.78 is 38.2. The monoisotopic (exact) mass is 198 g/mol. The van der Waals surface area contributed by atoms with E-state index in [1.165, 1.54) is 12.4 Å². The number of hydrogen-bond donors (Lipinski definition) is 1. The van der Waals surface area contributed by atoms with E-state index in [-0.39, 0.29) is 5.56 Å². The van der Waals surface area contributed by atoms with Gasteiger partial charge in [-0.25, -0.2) is 13.2 Å². The molecule has 1 aromatic carbocycles. The molecule has 0 amide bonds. The molecule has 0 spiro atoms. The highest BCUT2D eigenvalue weighted by Crippen LogP contribution is 2.22. The maximum atomic E-state index is 12.8. The van der Waals surface area contributed by atoms with E-state index in [9.17, 15) is 13.2 Å². The lowest BCUT2D eigenvalue weighted by atomic mass is 10.1. The van der Waals surface area contributed by atoms with Crippen LogP contribution in [0.5, 0.6) is 0 Å². The molecule has 2 rings (SSSR count). The third kappa shape index (κ3) is 1.37. The quantitative estimate of drug-likeness (QED) is 0.700. The highest BCUT2D eigenvalue weighted by molar-refractivity contribution is 5.61. The van der Waals surface area contributed by atoms with Crippen LogP contribution in [0.1, 0.15) is 0 Å². The maximum absolute atomic E-state index is 12.8. The SMILES string of the molecule is Fc1cc(-c2cn[nH]c2)cc(F)c1F. The Morgan fingerprint density at radius 2 is 1.64 bits per heavy atom. The Kier molecular flexibility index (Phi) is 1.99. The first-order valence-electron chi connectivity index (χ1n) is 3.82. The standard InChI is InChI=1S/C9H5F3N2/c10-7-1-5(2-8(11)9(7)12)6-3-13-14-4-6/h1-4H,(H,13,14). The average molecular weight is 198 g/mol. The van der Waals surface area contributed by atoms with Crippen molar-refractivity contribution < 1.29 is 13.2 Å². The molecule has 0 aliphatic heterocycles. The summed E-state index contributed by atoms with van der Waals surface area (Å²) in [6.07, 6.45) is 2.86. The lowest BCUT2D eigenvalue weighted by Gasteiger charge is -1.99. The van der Waals surface area contributed by atoms with Crippen LogP contribution in [0.25, 0.3) is 11.1 Å². The van der Waals surface area contributed by atoms with Gasteiger partial charge < -0.3 is 0 Å². The molecule has 0 fully saturated rings. The predicted molar refractivity (Wildman–Crippen MR) is 43.9 cm³/mol. The molecule has 14 heavy (non-hydrogen) atoms. The van der Waals surface area contributed by atoms with E-state index in [4.69, 9.17) is 0 Å². The van der Waals surface area contributed by atoms with E-state index in [0.29, 0.717) is 5.56 Å².